The maximum absolute atomic E-state index is 12.2. The molecule has 0 bridgehead atoms. The molecule has 1 aromatic carbocycles. The van der Waals surface area contributed by atoms with Gasteiger partial charge in [-0.15, -0.1) is 0 Å². The molecule has 0 aliphatic carbocycles. The number of phenolic OH excluding ortho intramolecular Hbond substituents is 1. The maximum atomic E-state index is 12.2. The Morgan fingerprint density at radius 2 is 2.05 bits per heavy atom. The van der Waals surface area contributed by atoms with Crippen LogP contribution in [0.2, 0.25) is 5.02 Å². The minimum Gasteiger partial charge on any atom is -0.506 e. The normalized spacial score (nSPS) is 11.5. The molecule has 0 saturated heterocycles. The molecule has 0 saturated carbocycles. The van der Waals surface area contributed by atoms with Crippen LogP contribution in [0, 0.1) is 13.8 Å². The number of nitrogens with one attached hydrogen (secondary N) is 1. The molecule has 0 atom stereocenters. The zero-order valence-electron chi connectivity index (χ0n) is 10.1. The summed E-state index contributed by atoms with van der Waals surface area (Å²) in [5.74, 6) is -0.0821. The van der Waals surface area contributed by atoms with Gasteiger partial charge in [0, 0.05) is 11.1 Å². The van der Waals surface area contributed by atoms with Gasteiger partial charge in [0.05, 0.1) is 5.69 Å². The standard InChI is InChI=1S/C11H11ClN2O4S/c1-6-11(7(2)18-13-6)19(16,17)14-9-4-3-8(12)5-10(9)15/h3-5,14-15H,1-2H3. The van der Waals surface area contributed by atoms with E-state index in [0.717, 1.165) is 0 Å². The van der Waals surface area contributed by atoms with E-state index < -0.39 is 10.0 Å². The van der Waals surface area contributed by atoms with E-state index in [0.29, 0.717) is 5.02 Å². The van der Waals surface area contributed by atoms with Crippen molar-refractivity contribution in [1.82, 2.24) is 5.16 Å². The Kier molecular flexibility index (Phi) is 3.42. The van der Waals surface area contributed by atoms with E-state index >= 15 is 0 Å². The molecule has 0 spiro atoms. The molecule has 19 heavy (non-hydrogen) atoms. The minimum absolute atomic E-state index is 0.0319. The van der Waals surface area contributed by atoms with Crippen LogP contribution in [0.4, 0.5) is 5.69 Å². The smallest absolute Gasteiger partial charge is 0.267 e. The molecular weight excluding hydrogens is 292 g/mol. The Labute approximate surface area is 115 Å². The molecule has 0 radical (unpaired) electrons. The number of nitrogens with zero attached hydrogens (tertiary/aromatic N) is 1. The highest BCUT2D eigenvalue weighted by atomic mass is 35.5. The fourth-order valence-corrected chi connectivity index (χ4v) is 3.22. The Morgan fingerprint density at radius 3 is 2.58 bits per heavy atom. The first-order valence-corrected chi connectivity index (χ1v) is 7.11. The number of hydrogen-bond donors (Lipinski definition) is 2. The van der Waals surface area contributed by atoms with Crippen LogP contribution in [0.15, 0.2) is 27.6 Å². The van der Waals surface area contributed by atoms with Crippen LogP contribution in [0.1, 0.15) is 11.5 Å². The number of aryl methyl sites for hydroxylation is 2. The molecule has 2 N–H and O–H groups in total. The molecule has 2 rings (SSSR count). The lowest BCUT2D eigenvalue weighted by molar-refractivity contribution is 0.390. The van der Waals surface area contributed by atoms with E-state index in [2.05, 4.69) is 9.88 Å². The van der Waals surface area contributed by atoms with E-state index in [9.17, 15) is 13.5 Å². The molecule has 2 aromatic rings. The predicted octanol–water partition coefficient (Wildman–Crippen LogP) is 2.45. The molecule has 0 amide bonds. The lowest BCUT2D eigenvalue weighted by Crippen LogP contribution is -2.14. The number of phenols is 1. The van der Waals surface area contributed by atoms with Gasteiger partial charge in [0.15, 0.2) is 10.7 Å². The molecule has 102 valence electrons. The summed E-state index contributed by atoms with van der Waals surface area (Å²) in [6, 6.07) is 4.08. The van der Waals surface area contributed by atoms with Gasteiger partial charge in [0.25, 0.3) is 10.0 Å². The van der Waals surface area contributed by atoms with Gasteiger partial charge in [-0.1, -0.05) is 16.8 Å². The molecule has 0 fully saturated rings. The third-order valence-corrected chi connectivity index (χ3v) is 4.28. The molecule has 0 aliphatic rings. The topological polar surface area (TPSA) is 92.4 Å². The van der Waals surface area contributed by atoms with E-state index in [4.69, 9.17) is 16.1 Å². The van der Waals surface area contributed by atoms with E-state index in [1.54, 1.807) is 0 Å². The van der Waals surface area contributed by atoms with Gasteiger partial charge >= 0.3 is 0 Å². The lowest BCUT2D eigenvalue weighted by atomic mass is 10.3. The average Bonchev–Trinajstić information content (AvgIpc) is 2.63. The van der Waals surface area contributed by atoms with E-state index in [1.165, 1.54) is 32.0 Å². The van der Waals surface area contributed by atoms with Crippen LogP contribution < -0.4 is 4.72 Å². The van der Waals surface area contributed by atoms with Gasteiger partial charge in [-0.3, -0.25) is 4.72 Å². The first kappa shape index (κ1) is 13.7. The Balaban J connectivity index is 2.42. The van der Waals surface area contributed by atoms with Crippen molar-refractivity contribution in [3.8, 4) is 5.75 Å². The summed E-state index contributed by atoms with van der Waals surface area (Å²) in [7, 11) is -3.88. The van der Waals surface area contributed by atoms with Gasteiger partial charge in [-0.2, -0.15) is 0 Å². The summed E-state index contributed by atoms with van der Waals surface area (Å²) in [4.78, 5) is -0.0400. The van der Waals surface area contributed by atoms with Crippen molar-refractivity contribution in [2.75, 3.05) is 4.72 Å². The number of hydrogen-bond acceptors (Lipinski definition) is 5. The monoisotopic (exact) mass is 302 g/mol. The fraction of sp³-hybridized carbons (Fsp3) is 0.182. The fourth-order valence-electron chi connectivity index (χ4n) is 1.65. The van der Waals surface area contributed by atoms with Crippen molar-refractivity contribution >= 4 is 27.3 Å². The average molecular weight is 303 g/mol. The largest absolute Gasteiger partial charge is 0.506 e. The zero-order chi connectivity index (χ0) is 14.2. The highest BCUT2D eigenvalue weighted by molar-refractivity contribution is 7.92. The third kappa shape index (κ3) is 2.66. The maximum Gasteiger partial charge on any atom is 0.267 e. The van der Waals surface area contributed by atoms with Gasteiger partial charge in [0.1, 0.15) is 11.4 Å². The molecule has 0 aliphatic heterocycles. The highest BCUT2D eigenvalue weighted by Gasteiger charge is 2.25. The zero-order valence-corrected chi connectivity index (χ0v) is 11.7. The van der Waals surface area contributed by atoms with Crippen LogP contribution in [0.5, 0.6) is 5.75 Å². The quantitative estimate of drug-likeness (QED) is 0.850. The molecule has 1 aromatic heterocycles. The second-order valence-electron chi connectivity index (χ2n) is 3.92. The number of benzene rings is 1. The number of anilines is 1. The predicted molar refractivity (Wildman–Crippen MR) is 69.9 cm³/mol. The Hall–Kier alpha value is -1.73. The van der Waals surface area contributed by atoms with E-state index in [1.807, 2.05) is 0 Å². The number of aromatic nitrogens is 1. The van der Waals surface area contributed by atoms with Crippen molar-refractivity contribution in [2.45, 2.75) is 18.7 Å². The summed E-state index contributed by atoms with van der Waals surface area (Å²) < 4.78 is 31.4. The van der Waals surface area contributed by atoms with Crippen molar-refractivity contribution in [3.63, 3.8) is 0 Å². The van der Waals surface area contributed by atoms with Gasteiger partial charge in [0.2, 0.25) is 0 Å². The van der Waals surface area contributed by atoms with Gasteiger partial charge < -0.3 is 9.63 Å². The van der Waals surface area contributed by atoms with Gasteiger partial charge in [-0.25, -0.2) is 8.42 Å². The first-order valence-electron chi connectivity index (χ1n) is 5.25. The van der Waals surface area contributed by atoms with Crippen LogP contribution in [-0.4, -0.2) is 18.7 Å². The number of sulfonamides is 1. The summed E-state index contributed by atoms with van der Waals surface area (Å²) in [6.45, 7) is 3.02. The van der Waals surface area contributed by atoms with Crippen molar-refractivity contribution in [1.29, 1.82) is 0 Å². The number of rotatable bonds is 3. The molecular formula is C11H11ClN2O4S. The third-order valence-electron chi connectivity index (χ3n) is 2.44. The van der Waals surface area contributed by atoms with Crippen LogP contribution in [0.3, 0.4) is 0 Å². The second-order valence-corrected chi connectivity index (χ2v) is 5.98. The van der Waals surface area contributed by atoms with Crippen LogP contribution in [0.25, 0.3) is 0 Å². The summed E-state index contributed by atoms with van der Waals surface area (Å²) >= 11 is 5.68. The summed E-state index contributed by atoms with van der Waals surface area (Å²) in [6.07, 6.45) is 0. The number of halogens is 1. The Bertz CT molecular complexity index is 705. The SMILES string of the molecule is Cc1noc(C)c1S(=O)(=O)Nc1ccc(Cl)cc1O. The Morgan fingerprint density at radius 1 is 1.37 bits per heavy atom. The van der Waals surface area contributed by atoms with Crippen molar-refractivity contribution in [3.05, 3.63) is 34.7 Å². The summed E-state index contributed by atoms with van der Waals surface area (Å²) in [5.41, 5.74) is 0.280. The molecule has 8 heteroatoms. The van der Waals surface area contributed by atoms with Crippen molar-refractivity contribution in [2.24, 2.45) is 0 Å². The first-order chi connectivity index (χ1) is 8.81. The second kappa shape index (κ2) is 4.75. The van der Waals surface area contributed by atoms with Gasteiger partial charge in [-0.05, 0) is 26.0 Å². The summed E-state index contributed by atoms with van der Waals surface area (Å²) in [5, 5.41) is 13.5. The van der Waals surface area contributed by atoms with Crippen molar-refractivity contribution < 1.29 is 18.0 Å². The molecule has 6 nitrogen and oxygen atoms in total. The molecule has 1 heterocycles. The minimum atomic E-state index is -3.88. The highest BCUT2D eigenvalue weighted by Crippen LogP contribution is 2.30. The van der Waals surface area contributed by atoms with Crippen LogP contribution >= 0.6 is 11.6 Å². The van der Waals surface area contributed by atoms with Crippen LogP contribution in [-0.2, 0) is 10.0 Å². The molecule has 0 unspecified atom stereocenters. The van der Waals surface area contributed by atoms with E-state index in [-0.39, 0.29) is 27.8 Å². The lowest BCUT2D eigenvalue weighted by Gasteiger charge is -2.09. The number of aromatic hydroxyl groups is 1.